The molecule has 0 unspecified atom stereocenters. The van der Waals surface area contributed by atoms with Crippen LogP contribution in [0.3, 0.4) is 0 Å². The van der Waals surface area contributed by atoms with E-state index in [1.807, 2.05) is 11.8 Å². The van der Waals surface area contributed by atoms with Gasteiger partial charge in [0.2, 0.25) is 17.8 Å². The molecule has 3 saturated heterocycles. The first-order chi connectivity index (χ1) is 17.3. The number of nitrogens with one attached hydrogen (secondary N) is 1. The molecular formula is C25H35N9O2. The molecule has 0 spiro atoms. The van der Waals surface area contributed by atoms with Crippen molar-refractivity contribution in [2.75, 3.05) is 61.5 Å². The Morgan fingerprint density at radius 2 is 1.94 bits per heavy atom. The lowest BCUT2D eigenvalue weighted by molar-refractivity contribution is -0.139. The number of aromatic nitrogens is 4. The van der Waals surface area contributed by atoms with Gasteiger partial charge in [0.1, 0.15) is 5.82 Å². The van der Waals surface area contributed by atoms with Gasteiger partial charge in [-0.2, -0.15) is 4.98 Å². The van der Waals surface area contributed by atoms with Crippen molar-refractivity contribution in [1.29, 1.82) is 0 Å². The van der Waals surface area contributed by atoms with Gasteiger partial charge in [-0.25, -0.2) is 15.0 Å². The first kappa shape index (κ1) is 23.4. The average molecular weight is 494 g/mol. The van der Waals surface area contributed by atoms with Crippen molar-refractivity contribution in [2.45, 2.75) is 57.2 Å². The topological polar surface area (TPSA) is 126 Å². The summed E-state index contributed by atoms with van der Waals surface area (Å²) in [5.74, 6) is 2.10. The Morgan fingerprint density at radius 3 is 2.64 bits per heavy atom. The second-order valence-corrected chi connectivity index (χ2v) is 11.0. The zero-order chi connectivity index (χ0) is 25.1. The molecule has 0 saturated carbocycles. The highest BCUT2D eigenvalue weighted by Crippen LogP contribution is 2.42. The lowest BCUT2D eigenvalue weighted by Gasteiger charge is -2.42. The second kappa shape index (κ2) is 8.52. The number of nitrogen functional groups attached to an aromatic ring is 1. The molecular weight excluding hydrogens is 458 g/mol. The standard InChI is InChI=1S/C25H35N9O2/c1-16-14-36-11-10-33(16)23-30-19(17-12-27-22(26)28-13-17)18-4-8-34(20(18)31-23)24(2)6-9-32(15-24)21(35)25(3)5-7-29-25/h12-13,16,29H,4-11,14-15H2,1-3H3,(H2,26,27,28)/t16-,24-,25+/m0/s1. The molecule has 3 atom stereocenters. The largest absolute Gasteiger partial charge is 0.377 e. The summed E-state index contributed by atoms with van der Waals surface area (Å²) in [5, 5.41) is 3.33. The second-order valence-electron chi connectivity index (χ2n) is 11.0. The van der Waals surface area contributed by atoms with Crippen LogP contribution in [0.4, 0.5) is 17.7 Å². The number of hydrogen-bond acceptors (Lipinski definition) is 10. The van der Waals surface area contributed by atoms with Crippen molar-refractivity contribution in [1.82, 2.24) is 30.2 Å². The van der Waals surface area contributed by atoms with Crippen LogP contribution in [0.25, 0.3) is 11.3 Å². The molecule has 3 N–H and O–H groups in total. The summed E-state index contributed by atoms with van der Waals surface area (Å²) in [4.78, 5) is 38.5. The zero-order valence-corrected chi connectivity index (χ0v) is 21.3. The van der Waals surface area contributed by atoms with Gasteiger partial charge in [-0.1, -0.05) is 0 Å². The summed E-state index contributed by atoms with van der Waals surface area (Å²) in [6.45, 7) is 11.6. The minimum atomic E-state index is -0.418. The number of likely N-dealkylation sites (tertiary alicyclic amines) is 1. The van der Waals surface area contributed by atoms with Crippen LogP contribution in [-0.4, -0.2) is 93.8 Å². The van der Waals surface area contributed by atoms with Crippen molar-refractivity contribution in [2.24, 2.45) is 0 Å². The van der Waals surface area contributed by atoms with Crippen LogP contribution in [0.15, 0.2) is 12.4 Å². The number of anilines is 3. The van der Waals surface area contributed by atoms with Crippen molar-refractivity contribution in [3.8, 4) is 11.3 Å². The quantitative estimate of drug-likeness (QED) is 0.633. The summed E-state index contributed by atoms with van der Waals surface area (Å²) in [6.07, 6.45) is 6.11. The molecule has 0 bridgehead atoms. The third-order valence-electron chi connectivity index (χ3n) is 8.39. The number of carbonyl (C=O) groups excluding carboxylic acids is 1. The van der Waals surface area contributed by atoms with E-state index in [1.54, 1.807) is 12.4 Å². The molecule has 192 valence electrons. The SMILES string of the molecule is C[C@H]1COCCN1c1nc(-c2cnc(N)nc2)c2c(n1)N([C@@]1(C)CCN(C(=O)[C@@]3(C)CCN3)C1)CC2. The number of rotatable bonds is 4. The number of nitrogens with two attached hydrogens (primary N) is 1. The van der Waals surface area contributed by atoms with Crippen molar-refractivity contribution >= 4 is 23.6 Å². The maximum absolute atomic E-state index is 13.2. The van der Waals surface area contributed by atoms with Gasteiger partial charge >= 0.3 is 0 Å². The Hall–Kier alpha value is -3.05. The molecule has 0 aliphatic carbocycles. The van der Waals surface area contributed by atoms with E-state index in [1.165, 1.54) is 0 Å². The van der Waals surface area contributed by atoms with E-state index >= 15 is 0 Å². The predicted octanol–water partition coefficient (Wildman–Crippen LogP) is 0.846. The van der Waals surface area contributed by atoms with E-state index in [9.17, 15) is 4.79 Å². The minimum Gasteiger partial charge on any atom is -0.377 e. The first-order valence-electron chi connectivity index (χ1n) is 12.9. The Labute approximate surface area is 211 Å². The Bertz CT molecular complexity index is 1170. The fourth-order valence-corrected chi connectivity index (χ4v) is 5.99. The summed E-state index contributed by atoms with van der Waals surface area (Å²) in [5.41, 5.74) is 7.95. The smallest absolute Gasteiger partial charge is 0.242 e. The van der Waals surface area contributed by atoms with Gasteiger partial charge in [0.15, 0.2) is 0 Å². The number of amides is 1. The molecule has 6 heterocycles. The molecule has 36 heavy (non-hydrogen) atoms. The molecule has 1 amide bonds. The molecule has 4 aliphatic rings. The van der Waals surface area contributed by atoms with Crippen molar-refractivity contribution in [3.05, 3.63) is 18.0 Å². The molecule has 2 aromatic rings. The fraction of sp³-hybridized carbons (Fsp3) is 0.640. The van der Waals surface area contributed by atoms with E-state index in [2.05, 4.69) is 38.9 Å². The van der Waals surface area contributed by atoms with Crippen molar-refractivity contribution in [3.63, 3.8) is 0 Å². The molecule has 0 aromatic carbocycles. The van der Waals surface area contributed by atoms with Crippen LogP contribution >= 0.6 is 0 Å². The number of carbonyl (C=O) groups is 1. The lowest BCUT2D eigenvalue weighted by Crippen LogP contribution is -2.64. The normalized spacial score (nSPS) is 29.9. The molecule has 2 aromatic heterocycles. The van der Waals surface area contributed by atoms with Crippen LogP contribution < -0.4 is 20.9 Å². The number of nitrogens with zero attached hydrogens (tertiary/aromatic N) is 7. The van der Waals surface area contributed by atoms with Gasteiger partial charge in [0.05, 0.1) is 36.0 Å². The summed E-state index contributed by atoms with van der Waals surface area (Å²) >= 11 is 0. The highest BCUT2D eigenvalue weighted by atomic mass is 16.5. The van der Waals surface area contributed by atoms with Crippen LogP contribution in [-0.2, 0) is 16.0 Å². The number of fused-ring (bicyclic) bond motifs is 1. The van der Waals surface area contributed by atoms with Crippen LogP contribution in [0.2, 0.25) is 0 Å². The third-order valence-corrected chi connectivity index (χ3v) is 8.39. The van der Waals surface area contributed by atoms with E-state index in [-0.39, 0.29) is 23.4 Å². The van der Waals surface area contributed by atoms with Gasteiger partial charge < -0.3 is 30.5 Å². The number of ether oxygens (including phenoxy) is 1. The maximum atomic E-state index is 13.2. The number of morpholine rings is 1. The Morgan fingerprint density at radius 1 is 1.17 bits per heavy atom. The average Bonchev–Trinajstić information content (AvgIpc) is 3.47. The minimum absolute atomic E-state index is 0.174. The molecule has 3 fully saturated rings. The summed E-state index contributed by atoms with van der Waals surface area (Å²) in [6, 6.07) is 0.174. The Kier molecular flexibility index (Phi) is 5.52. The molecule has 11 heteroatoms. The zero-order valence-electron chi connectivity index (χ0n) is 21.3. The maximum Gasteiger partial charge on any atom is 0.242 e. The van der Waals surface area contributed by atoms with Crippen LogP contribution in [0.5, 0.6) is 0 Å². The highest BCUT2D eigenvalue weighted by Gasteiger charge is 2.49. The van der Waals surface area contributed by atoms with Gasteiger partial charge in [-0.15, -0.1) is 0 Å². The Balaban J connectivity index is 1.37. The monoisotopic (exact) mass is 493 g/mol. The fourth-order valence-electron chi connectivity index (χ4n) is 5.99. The van der Waals surface area contributed by atoms with Gasteiger partial charge in [0, 0.05) is 49.7 Å². The van der Waals surface area contributed by atoms with Gasteiger partial charge in [-0.05, 0) is 46.6 Å². The first-order valence-corrected chi connectivity index (χ1v) is 12.9. The summed E-state index contributed by atoms with van der Waals surface area (Å²) < 4.78 is 5.66. The van der Waals surface area contributed by atoms with Crippen LogP contribution in [0.1, 0.15) is 39.2 Å². The van der Waals surface area contributed by atoms with E-state index < -0.39 is 5.54 Å². The molecule has 0 radical (unpaired) electrons. The lowest BCUT2D eigenvalue weighted by atomic mass is 9.88. The summed E-state index contributed by atoms with van der Waals surface area (Å²) in [7, 11) is 0. The van der Waals surface area contributed by atoms with E-state index in [4.69, 9.17) is 20.4 Å². The van der Waals surface area contributed by atoms with Gasteiger partial charge in [-0.3, -0.25) is 4.79 Å². The van der Waals surface area contributed by atoms with Gasteiger partial charge in [0.25, 0.3) is 0 Å². The van der Waals surface area contributed by atoms with Crippen LogP contribution in [0, 0.1) is 0 Å². The molecule has 4 aliphatic heterocycles. The third kappa shape index (κ3) is 3.76. The van der Waals surface area contributed by atoms with Crippen molar-refractivity contribution < 1.29 is 9.53 Å². The molecule has 6 rings (SSSR count). The predicted molar refractivity (Wildman–Crippen MR) is 137 cm³/mol. The molecule has 11 nitrogen and oxygen atoms in total. The number of hydrogen-bond donors (Lipinski definition) is 2. The van der Waals surface area contributed by atoms with E-state index in [0.717, 1.165) is 68.1 Å². The highest BCUT2D eigenvalue weighted by molar-refractivity contribution is 5.87. The van der Waals surface area contributed by atoms with E-state index in [0.29, 0.717) is 25.7 Å².